The van der Waals surface area contributed by atoms with Gasteiger partial charge in [0.15, 0.2) is 0 Å². The average molecular weight is 790 g/mol. The molecule has 12 aromatic rings. The Labute approximate surface area is 360 Å². The van der Waals surface area contributed by atoms with Crippen LogP contribution in [0.3, 0.4) is 0 Å². The first-order valence-electron chi connectivity index (χ1n) is 21.2. The van der Waals surface area contributed by atoms with Crippen LogP contribution in [0.1, 0.15) is 0 Å². The van der Waals surface area contributed by atoms with Crippen molar-refractivity contribution in [3.8, 4) is 44.5 Å². The Morgan fingerprint density at radius 3 is 1.56 bits per heavy atom. The normalized spacial score (nSPS) is 11.5. The minimum absolute atomic E-state index is 0.892. The summed E-state index contributed by atoms with van der Waals surface area (Å²) in [6.07, 6.45) is 0. The minimum atomic E-state index is 0.892. The fourth-order valence-electron chi connectivity index (χ4n) is 9.32. The first-order chi connectivity index (χ1) is 30.7. The monoisotopic (exact) mass is 789 g/mol. The van der Waals surface area contributed by atoms with Crippen LogP contribution in [-0.2, 0) is 0 Å². The molecule has 0 saturated carbocycles. The summed E-state index contributed by atoms with van der Waals surface area (Å²) in [5, 5.41) is 9.83. The van der Waals surface area contributed by atoms with Crippen molar-refractivity contribution in [1.29, 1.82) is 0 Å². The molecule has 1 aromatic heterocycles. The van der Waals surface area contributed by atoms with E-state index in [0.29, 0.717) is 0 Å². The molecule has 2 nitrogen and oxygen atoms in total. The molecule has 0 fully saturated rings. The lowest BCUT2D eigenvalue weighted by Gasteiger charge is -2.27. The van der Waals surface area contributed by atoms with Crippen molar-refractivity contribution in [3.63, 3.8) is 0 Å². The van der Waals surface area contributed by atoms with Gasteiger partial charge in [-0.3, -0.25) is 0 Å². The molecule has 0 atom stereocenters. The zero-order chi connectivity index (χ0) is 41.0. The van der Waals surface area contributed by atoms with Gasteiger partial charge in [-0.05, 0) is 137 Å². The Balaban J connectivity index is 0.922. The van der Waals surface area contributed by atoms with Gasteiger partial charge in [0.1, 0.15) is 11.2 Å². The number of furan rings is 1. The lowest BCUT2D eigenvalue weighted by atomic mass is 9.96. The van der Waals surface area contributed by atoms with Gasteiger partial charge < -0.3 is 9.32 Å². The molecule has 0 bridgehead atoms. The van der Waals surface area contributed by atoms with Crippen molar-refractivity contribution in [2.75, 3.05) is 4.90 Å². The van der Waals surface area contributed by atoms with E-state index in [9.17, 15) is 0 Å². The Bertz CT molecular complexity index is 3630. The zero-order valence-corrected chi connectivity index (χ0v) is 33.9. The number of hydrogen-bond acceptors (Lipinski definition) is 2. The second-order valence-corrected chi connectivity index (χ2v) is 16.1. The van der Waals surface area contributed by atoms with Gasteiger partial charge in [-0.25, -0.2) is 0 Å². The van der Waals surface area contributed by atoms with Crippen LogP contribution in [0.15, 0.2) is 241 Å². The summed E-state index contributed by atoms with van der Waals surface area (Å²) in [5.41, 5.74) is 14.4. The number of hydrogen-bond donors (Lipinski definition) is 0. The number of para-hydroxylation sites is 1. The van der Waals surface area contributed by atoms with E-state index in [0.717, 1.165) is 50.1 Å². The molecule has 0 spiro atoms. The number of rotatable bonds is 7. The summed E-state index contributed by atoms with van der Waals surface area (Å²) in [6, 6.07) is 85.6. The first kappa shape index (κ1) is 35.7. The van der Waals surface area contributed by atoms with Crippen LogP contribution in [0.5, 0.6) is 0 Å². The molecular formula is C60H39NO. The lowest BCUT2D eigenvalue weighted by molar-refractivity contribution is 0.669. The van der Waals surface area contributed by atoms with Gasteiger partial charge in [0.2, 0.25) is 0 Å². The molecule has 0 aliphatic rings. The first-order valence-corrected chi connectivity index (χ1v) is 21.2. The Hall–Kier alpha value is -8.20. The second kappa shape index (κ2) is 14.8. The van der Waals surface area contributed by atoms with Crippen LogP contribution in [0.2, 0.25) is 0 Å². The van der Waals surface area contributed by atoms with E-state index in [2.05, 4.69) is 229 Å². The molecule has 0 N–H and O–H groups in total. The molecule has 2 heteroatoms. The average Bonchev–Trinajstić information content (AvgIpc) is 3.73. The number of nitrogens with zero attached hydrogens (tertiary/aromatic N) is 1. The van der Waals surface area contributed by atoms with E-state index < -0.39 is 0 Å². The third-order valence-electron chi connectivity index (χ3n) is 12.4. The summed E-state index contributed by atoms with van der Waals surface area (Å²) in [5.74, 6) is 0. The van der Waals surface area contributed by atoms with Crippen LogP contribution in [0.25, 0.3) is 98.8 Å². The molecular weight excluding hydrogens is 751 g/mol. The molecule has 0 aliphatic carbocycles. The topological polar surface area (TPSA) is 16.4 Å². The molecule has 11 aromatic carbocycles. The molecule has 0 saturated heterocycles. The van der Waals surface area contributed by atoms with E-state index in [1.54, 1.807) is 0 Å². The standard InChI is InChI=1S/C60H39NO/c1-2-12-45-36-48(28-26-40(45)10-1)46-13-7-15-52(38-46)61(53-16-8-14-49(39-53)56-19-9-21-59-60(56)57-18-5-6-20-58(57)62-59)51-33-30-42(31-34-51)41-22-24-43(25-23-41)47-32-35-55-50(37-47)29-27-44-11-3-4-17-54(44)55/h1-39H. The molecule has 0 aliphatic heterocycles. The van der Waals surface area contributed by atoms with Crippen LogP contribution >= 0.6 is 0 Å². The van der Waals surface area contributed by atoms with E-state index >= 15 is 0 Å². The van der Waals surface area contributed by atoms with Crippen LogP contribution < -0.4 is 4.90 Å². The van der Waals surface area contributed by atoms with Gasteiger partial charge in [0, 0.05) is 27.8 Å². The van der Waals surface area contributed by atoms with Gasteiger partial charge in [-0.15, -0.1) is 0 Å². The maximum atomic E-state index is 6.31. The van der Waals surface area contributed by atoms with Crippen molar-refractivity contribution >= 4 is 71.3 Å². The van der Waals surface area contributed by atoms with Crippen molar-refractivity contribution in [1.82, 2.24) is 0 Å². The maximum Gasteiger partial charge on any atom is 0.136 e. The highest BCUT2D eigenvalue weighted by Crippen LogP contribution is 2.42. The smallest absolute Gasteiger partial charge is 0.136 e. The quantitative estimate of drug-likeness (QED) is 0.150. The van der Waals surface area contributed by atoms with Crippen LogP contribution in [-0.4, -0.2) is 0 Å². The predicted molar refractivity (Wildman–Crippen MR) is 263 cm³/mol. The van der Waals surface area contributed by atoms with E-state index in [4.69, 9.17) is 4.42 Å². The Kier molecular flexibility index (Phi) is 8.53. The van der Waals surface area contributed by atoms with Gasteiger partial charge in [-0.2, -0.15) is 0 Å². The van der Waals surface area contributed by atoms with Crippen molar-refractivity contribution in [3.05, 3.63) is 237 Å². The molecule has 0 unspecified atom stereocenters. The molecule has 62 heavy (non-hydrogen) atoms. The fraction of sp³-hybridized carbons (Fsp3) is 0. The van der Waals surface area contributed by atoms with Crippen LogP contribution in [0, 0.1) is 0 Å². The van der Waals surface area contributed by atoms with E-state index in [1.807, 2.05) is 12.1 Å². The fourth-order valence-corrected chi connectivity index (χ4v) is 9.32. The molecule has 12 rings (SSSR count). The summed E-state index contributed by atoms with van der Waals surface area (Å²) >= 11 is 0. The van der Waals surface area contributed by atoms with E-state index in [1.165, 1.54) is 65.7 Å². The van der Waals surface area contributed by atoms with Gasteiger partial charge in [0.25, 0.3) is 0 Å². The largest absolute Gasteiger partial charge is 0.456 e. The molecule has 290 valence electrons. The predicted octanol–water partition coefficient (Wildman–Crippen LogP) is 17.2. The maximum absolute atomic E-state index is 6.31. The third-order valence-corrected chi connectivity index (χ3v) is 12.4. The third kappa shape index (κ3) is 6.29. The summed E-state index contributed by atoms with van der Waals surface area (Å²) in [7, 11) is 0. The number of fused-ring (bicyclic) bond motifs is 7. The van der Waals surface area contributed by atoms with Crippen molar-refractivity contribution in [2.24, 2.45) is 0 Å². The Morgan fingerprint density at radius 2 is 0.758 bits per heavy atom. The SMILES string of the molecule is c1cc(-c2ccc3ccccc3c2)cc(N(c2ccc(-c3ccc(-c4ccc5c(ccc6ccccc65)c4)cc3)cc2)c2cccc(-c3cccc4oc5ccccc5c34)c2)c1. The van der Waals surface area contributed by atoms with Crippen molar-refractivity contribution in [2.45, 2.75) is 0 Å². The zero-order valence-electron chi connectivity index (χ0n) is 33.9. The highest BCUT2D eigenvalue weighted by Gasteiger charge is 2.18. The van der Waals surface area contributed by atoms with Gasteiger partial charge in [-0.1, -0.05) is 176 Å². The van der Waals surface area contributed by atoms with E-state index in [-0.39, 0.29) is 0 Å². The van der Waals surface area contributed by atoms with Gasteiger partial charge >= 0.3 is 0 Å². The minimum Gasteiger partial charge on any atom is -0.456 e. The highest BCUT2D eigenvalue weighted by atomic mass is 16.3. The van der Waals surface area contributed by atoms with Gasteiger partial charge in [0.05, 0.1) is 0 Å². The number of anilines is 3. The highest BCUT2D eigenvalue weighted by molar-refractivity contribution is 6.12. The van der Waals surface area contributed by atoms with Crippen molar-refractivity contribution < 1.29 is 4.42 Å². The lowest BCUT2D eigenvalue weighted by Crippen LogP contribution is -2.10. The number of benzene rings is 11. The molecule has 0 radical (unpaired) electrons. The second-order valence-electron chi connectivity index (χ2n) is 16.1. The summed E-state index contributed by atoms with van der Waals surface area (Å²) in [4.78, 5) is 2.37. The molecule has 0 amide bonds. The Morgan fingerprint density at radius 1 is 0.258 bits per heavy atom. The summed E-state index contributed by atoms with van der Waals surface area (Å²) < 4.78 is 6.31. The van der Waals surface area contributed by atoms with Crippen LogP contribution in [0.4, 0.5) is 17.1 Å². The molecule has 1 heterocycles. The summed E-state index contributed by atoms with van der Waals surface area (Å²) in [6.45, 7) is 0.